The highest BCUT2D eigenvalue weighted by Gasteiger charge is 2.25. The highest BCUT2D eigenvalue weighted by Crippen LogP contribution is 2.43. The lowest BCUT2D eigenvalue weighted by Crippen LogP contribution is -2.20. The lowest BCUT2D eigenvalue weighted by Gasteiger charge is -2.20. The van der Waals surface area contributed by atoms with Crippen LogP contribution in [0.5, 0.6) is 17.2 Å². The van der Waals surface area contributed by atoms with E-state index in [0.717, 1.165) is 24.8 Å². The Balaban J connectivity index is 2.28. The summed E-state index contributed by atoms with van der Waals surface area (Å²) in [5.41, 5.74) is 2.48. The van der Waals surface area contributed by atoms with Gasteiger partial charge in [0, 0.05) is 19.7 Å². The Morgan fingerprint density at radius 2 is 1.54 bits per heavy atom. The maximum atomic E-state index is 12.7. The number of hydrogen-bond acceptors (Lipinski definition) is 6. The van der Waals surface area contributed by atoms with Crippen LogP contribution in [0, 0.1) is 0 Å². The minimum Gasteiger partial charge on any atom is -0.493 e. The van der Waals surface area contributed by atoms with Crippen molar-refractivity contribution >= 4 is 5.97 Å². The fourth-order valence-electron chi connectivity index (χ4n) is 3.14. The lowest BCUT2D eigenvalue weighted by molar-refractivity contribution is -0.0714. The lowest BCUT2D eigenvalue weighted by atomic mass is 9.97. The maximum absolute atomic E-state index is 12.7. The molecule has 2 aromatic carbocycles. The second kappa shape index (κ2) is 10.6. The Kier molecular flexibility index (Phi) is 8.14. The Bertz CT molecular complexity index is 774. The van der Waals surface area contributed by atoms with E-state index < -0.39 is 5.97 Å². The van der Waals surface area contributed by atoms with Crippen molar-refractivity contribution in [3.63, 3.8) is 0 Å². The summed E-state index contributed by atoms with van der Waals surface area (Å²) >= 11 is 0. The molecule has 28 heavy (non-hydrogen) atoms. The first-order chi connectivity index (χ1) is 13.5. The van der Waals surface area contributed by atoms with Gasteiger partial charge in [0.05, 0.1) is 26.9 Å². The molecule has 0 heterocycles. The molecule has 0 aromatic heterocycles. The van der Waals surface area contributed by atoms with Gasteiger partial charge in [-0.05, 0) is 37.3 Å². The summed E-state index contributed by atoms with van der Waals surface area (Å²) in [5, 5.41) is 1.37. The van der Waals surface area contributed by atoms with Crippen molar-refractivity contribution in [1.29, 1.82) is 0 Å². The van der Waals surface area contributed by atoms with Gasteiger partial charge in [-0.25, -0.2) is 4.79 Å². The molecule has 0 N–H and O–H groups in total. The van der Waals surface area contributed by atoms with Crippen LogP contribution in [0.1, 0.15) is 34.3 Å². The van der Waals surface area contributed by atoms with Crippen molar-refractivity contribution in [2.75, 3.05) is 35.4 Å². The third-order valence-corrected chi connectivity index (χ3v) is 4.40. The maximum Gasteiger partial charge on any atom is 0.357 e. The minimum atomic E-state index is -0.456. The van der Waals surface area contributed by atoms with Crippen LogP contribution in [0.15, 0.2) is 36.4 Å². The van der Waals surface area contributed by atoms with Crippen LogP contribution in [0.3, 0.4) is 0 Å². The smallest absolute Gasteiger partial charge is 0.357 e. The highest BCUT2D eigenvalue weighted by atomic mass is 16.7. The first kappa shape index (κ1) is 21.6. The van der Waals surface area contributed by atoms with Gasteiger partial charge < -0.3 is 19.0 Å². The molecule has 0 unspecified atom stereocenters. The van der Waals surface area contributed by atoms with E-state index in [9.17, 15) is 4.79 Å². The highest BCUT2D eigenvalue weighted by molar-refractivity contribution is 5.93. The molecule has 0 amide bonds. The van der Waals surface area contributed by atoms with Crippen LogP contribution in [0.4, 0.5) is 0 Å². The van der Waals surface area contributed by atoms with Gasteiger partial charge in [-0.3, -0.25) is 0 Å². The van der Waals surface area contributed by atoms with Gasteiger partial charge in [0.1, 0.15) is 0 Å². The fourth-order valence-corrected chi connectivity index (χ4v) is 3.14. The molecule has 2 rings (SSSR count). The van der Waals surface area contributed by atoms with Gasteiger partial charge in [0.15, 0.2) is 11.5 Å². The van der Waals surface area contributed by atoms with Gasteiger partial charge >= 0.3 is 5.97 Å². The largest absolute Gasteiger partial charge is 0.493 e. The predicted octanol–water partition coefficient (Wildman–Crippen LogP) is 3.91. The summed E-state index contributed by atoms with van der Waals surface area (Å²) in [5.74, 6) is 0.956. The van der Waals surface area contributed by atoms with Crippen molar-refractivity contribution in [3.05, 3.63) is 53.1 Å². The molecule has 0 aliphatic heterocycles. The van der Waals surface area contributed by atoms with E-state index in [1.54, 1.807) is 34.4 Å². The Hall–Kier alpha value is -2.73. The number of methoxy groups -OCH3 is 3. The van der Waals surface area contributed by atoms with E-state index in [0.29, 0.717) is 29.2 Å². The molecule has 0 radical (unpaired) electrons. The molecule has 0 saturated carbocycles. The zero-order valence-electron chi connectivity index (χ0n) is 17.3. The molecule has 6 heteroatoms. The molecule has 0 spiro atoms. The second-order valence-electron chi connectivity index (χ2n) is 6.56. The van der Waals surface area contributed by atoms with Crippen LogP contribution in [-0.2, 0) is 17.7 Å². The molecular weight excluding hydrogens is 358 g/mol. The molecule has 2 aromatic rings. The van der Waals surface area contributed by atoms with Gasteiger partial charge in [-0.2, -0.15) is 0 Å². The average Bonchev–Trinajstić information content (AvgIpc) is 2.70. The van der Waals surface area contributed by atoms with Crippen LogP contribution in [-0.4, -0.2) is 46.5 Å². The van der Waals surface area contributed by atoms with E-state index >= 15 is 0 Å². The number of rotatable bonds is 10. The van der Waals surface area contributed by atoms with Gasteiger partial charge in [0.25, 0.3) is 0 Å². The predicted molar refractivity (Wildman–Crippen MR) is 108 cm³/mol. The minimum absolute atomic E-state index is 0.419. The molecule has 152 valence electrons. The molecule has 0 fully saturated rings. The van der Waals surface area contributed by atoms with Gasteiger partial charge in [0.2, 0.25) is 5.75 Å². The zero-order chi connectivity index (χ0) is 20.5. The van der Waals surface area contributed by atoms with Crippen LogP contribution in [0.2, 0.25) is 0 Å². The molecule has 0 atom stereocenters. The molecule has 0 bridgehead atoms. The summed E-state index contributed by atoms with van der Waals surface area (Å²) in [7, 11) is 7.96. The van der Waals surface area contributed by atoms with Crippen molar-refractivity contribution in [3.8, 4) is 17.2 Å². The summed E-state index contributed by atoms with van der Waals surface area (Å²) in [6.07, 6.45) is 3.52. The normalized spacial score (nSPS) is 10.6. The summed E-state index contributed by atoms with van der Waals surface area (Å²) < 4.78 is 16.5. The monoisotopic (exact) mass is 387 g/mol. The molecule has 0 saturated heterocycles. The standard InChI is InChI=1S/C22H29NO5/c1-23(2)28-22(24)18-15-19(25-3)21(27-5)20(26-4)17(18)14-10-9-13-16-11-7-6-8-12-16/h6-8,11-12,15H,9-10,13-14H2,1-5H3. The third-order valence-electron chi connectivity index (χ3n) is 4.40. The molecule has 0 aliphatic rings. The zero-order valence-corrected chi connectivity index (χ0v) is 17.3. The fraction of sp³-hybridized carbons (Fsp3) is 0.409. The van der Waals surface area contributed by atoms with Crippen molar-refractivity contribution in [2.45, 2.75) is 25.7 Å². The number of hydrogen-bond donors (Lipinski definition) is 0. The number of unbranched alkanes of at least 4 members (excludes halogenated alkanes) is 1. The number of benzene rings is 2. The molecule has 0 aliphatic carbocycles. The molecule has 6 nitrogen and oxygen atoms in total. The number of ether oxygens (including phenoxy) is 3. The number of carbonyl (C=O) groups is 1. The summed E-state index contributed by atoms with van der Waals surface area (Å²) in [4.78, 5) is 17.9. The van der Waals surface area contributed by atoms with E-state index in [2.05, 4.69) is 12.1 Å². The van der Waals surface area contributed by atoms with Crippen LogP contribution < -0.4 is 14.2 Å². The number of carbonyl (C=O) groups excluding carboxylic acids is 1. The second-order valence-corrected chi connectivity index (χ2v) is 6.56. The average molecular weight is 387 g/mol. The topological polar surface area (TPSA) is 57.2 Å². The SMILES string of the molecule is COc1cc(C(=O)ON(C)C)c(CCCCc2ccccc2)c(OC)c1OC. The van der Waals surface area contributed by atoms with Gasteiger partial charge in [-0.1, -0.05) is 30.3 Å². The summed E-state index contributed by atoms with van der Waals surface area (Å²) in [6, 6.07) is 12.0. The third kappa shape index (κ3) is 5.39. The number of nitrogens with zero attached hydrogens (tertiary/aromatic N) is 1. The van der Waals surface area contributed by atoms with Crippen molar-refractivity contribution < 1.29 is 23.8 Å². The van der Waals surface area contributed by atoms with Crippen LogP contribution >= 0.6 is 0 Å². The molecular formula is C22H29NO5. The first-order valence-corrected chi connectivity index (χ1v) is 9.27. The van der Waals surface area contributed by atoms with Crippen LogP contribution in [0.25, 0.3) is 0 Å². The van der Waals surface area contributed by atoms with Crippen molar-refractivity contribution in [2.24, 2.45) is 0 Å². The quantitative estimate of drug-likeness (QED) is 0.455. The van der Waals surface area contributed by atoms with E-state index in [1.807, 2.05) is 18.2 Å². The Labute approximate surface area is 166 Å². The summed E-state index contributed by atoms with van der Waals surface area (Å²) in [6.45, 7) is 0. The van der Waals surface area contributed by atoms with Crippen molar-refractivity contribution in [1.82, 2.24) is 5.06 Å². The van der Waals surface area contributed by atoms with E-state index in [-0.39, 0.29) is 0 Å². The Morgan fingerprint density at radius 3 is 2.11 bits per heavy atom. The van der Waals surface area contributed by atoms with Gasteiger partial charge in [-0.15, -0.1) is 5.06 Å². The van der Waals surface area contributed by atoms with E-state index in [1.165, 1.54) is 17.7 Å². The Morgan fingerprint density at radius 1 is 0.893 bits per heavy atom. The van der Waals surface area contributed by atoms with E-state index in [4.69, 9.17) is 19.0 Å². The number of aryl methyl sites for hydroxylation is 1. The first-order valence-electron chi connectivity index (χ1n) is 9.27. The number of hydroxylamine groups is 2.